The molecule has 1 aromatic carbocycles. The second-order valence-electron chi connectivity index (χ2n) is 9.67. The summed E-state index contributed by atoms with van der Waals surface area (Å²) in [5, 5.41) is 11.0. The summed E-state index contributed by atoms with van der Waals surface area (Å²) < 4.78 is 0. The number of anilines is 2. The standard InChI is InChI=1S/C28H36N8O/c1-20(16-23(19-29-2)36-12-6-7-13-36)21-8-10-25-24(17-21)27(33-32-25)28(37)31-22-9-11-26(30-18-22)35(5)15-14-34(3)4/h8-11,16-19H,2,6-7,12-15H2,1,3-5H3,(H,31,37)(H,32,33)/b20-16+,23-19+. The van der Waals surface area contributed by atoms with E-state index in [1.54, 1.807) is 6.20 Å². The Labute approximate surface area is 218 Å². The number of fused-ring (bicyclic) bond motifs is 1. The molecule has 2 aromatic heterocycles. The van der Waals surface area contributed by atoms with Gasteiger partial charge in [-0.1, -0.05) is 6.07 Å². The van der Waals surface area contributed by atoms with Crippen LogP contribution in [0.15, 0.2) is 59.5 Å². The van der Waals surface area contributed by atoms with Crippen molar-refractivity contribution in [3.63, 3.8) is 0 Å². The lowest BCUT2D eigenvalue weighted by molar-refractivity contribution is 0.102. The van der Waals surface area contributed by atoms with Crippen LogP contribution in [0.2, 0.25) is 0 Å². The first-order valence-corrected chi connectivity index (χ1v) is 12.6. The number of aromatic nitrogens is 3. The smallest absolute Gasteiger partial charge is 0.276 e. The van der Waals surface area contributed by atoms with Gasteiger partial charge in [0.1, 0.15) is 5.82 Å². The first-order valence-electron chi connectivity index (χ1n) is 12.6. The molecule has 0 bridgehead atoms. The van der Waals surface area contributed by atoms with E-state index in [9.17, 15) is 4.79 Å². The van der Waals surface area contributed by atoms with Gasteiger partial charge in [-0.15, -0.1) is 0 Å². The zero-order chi connectivity index (χ0) is 26.4. The number of carbonyl (C=O) groups excluding carboxylic acids is 1. The number of aromatic amines is 1. The molecule has 0 radical (unpaired) electrons. The van der Waals surface area contributed by atoms with Crippen molar-refractivity contribution >= 4 is 40.6 Å². The highest BCUT2D eigenvalue weighted by molar-refractivity contribution is 6.11. The monoisotopic (exact) mass is 500 g/mol. The predicted octanol–water partition coefficient (Wildman–Crippen LogP) is 4.25. The van der Waals surface area contributed by atoms with E-state index in [-0.39, 0.29) is 5.91 Å². The van der Waals surface area contributed by atoms with Gasteiger partial charge in [0.15, 0.2) is 5.69 Å². The SMILES string of the molecule is C=N/C=C(\C=C(/C)c1ccc2[nH]nc(C(=O)Nc3ccc(N(C)CCN(C)C)nc3)c2c1)N1CCCC1. The number of likely N-dealkylation sites (N-methyl/N-ethyl adjacent to an activating group) is 2. The van der Waals surface area contributed by atoms with E-state index in [4.69, 9.17) is 0 Å². The molecular weight excluding hydrogens is 464 g/mol. The number of rotatable bonds is 10. The Hall–Kier alpha value is -3.98. The summed E-state index contributed by atoms with van der Waals surface area (Å²) in [4.78, 5) is 28.2. The number of hydrogen-bond donors (Lipinski definition) is 2. The lowest BCUT2D eigenvalue weighted by Gasteiger charge is -2.20. The van der Waals surface area contributed by atoms with E-state index in [0.29, 0.717) is 11.4 Å². The summed E-state index contributed by atoms with van der Waals surface area (Å²) in [6.45, 7) is 9.54. The minimum atomic E-state index is -0.283. The molecular formula is C28H36N8O. The topological polar surface area (TPSA) is 92.7 Å². The summed E-state index contributed by atoms with van der Waals surface area (Å²) in [7, 11) is 6.09. The molecule has 0 atom stereocenters. The highest BCUT2D eigenvalue weighted by Gasteiger charge is 2.17. The lowest BCUT2D eigenvalue weighted by atomic mass is 10.0. The Morgan fingerprint density at radius 1 is 1.19 bits per heavy atom. The summed E-state index contributed by atoms with van der Waals surface area (Å²) >= 11 is 0. The van der Waals surface area contributed by atoms with Crippen LogP contribution in [0.25, 0.3) is 16.5 Å². The Bertz CT molecular complexity index is 1300. The molecule has 37 heavy (non-hydrogen) atoms. The Morgan fingerprint density at radius 3 is 2.65 bits per heavy atom. The molecule has 4 rings (SSSR count). The van der Waals surface area contributed by atoms with Crippen LogP contribution in [0.5, 0.6) is 0 Å². The first kappa shape index (κ1) is 26.1. The number of amides is 1. The van der Waals surface area contributed by atoms with Crippen molar-refractivity contribution in [1.82, 2.24) is 25.0 Å². The molecule has 9 nitrogen and oxygen atoms in total. The molecule has 3 heterocycles. The number of nitrogens with zero attached hydrogens (tertiary/aromatic N) is 6. The molecule has 1 fully saturated rings. The van der Waals surface area contributed by atoms with Crippen LogP contribution in [0.4, 0.5) is 11.5 Å². The Kier molecular flexibility index (Phi) is 8.35. The number of allylic oxidation sites excluding steroid dienone is 2. The molecule has 2 N–H and O–H groups in total. The van der Waals surface area contributed by atoms with Gasteiger partial charge >= 0.3 is 0 Å². The molecule has 1 aliphatic heterocycles. The minimum Gasteiger partial charge on any atom is -0.370 e. The van der Waals surface area contributed by atoms with Gasteiger partial charge in [0.05, 0.1) is 23.1 Å². The highest BCUT2D eigenvalue weighted by Crippen LogP contribution is 2.26. The van der Waals surface area contributed by atoms with Crippen molar-refractivity contribution in [2.75, 3.05) is 57.5 Å². The maximum absolute atomic E-state index is 13.1. The van der Waals surface area contributed by atoms with Gasteiger partial charge in [-0.25, -0.2) is 4.98 Å². The van der Waals surface area contributed by atoms with Crippen molar-refractivity contribution < 1.29 is 4.79 Å². The average Bonchev–Trinajstić information content (AvgIpc) is 3.57. The number of carbonyl (C=O) groups is 1. The predicted molar refractivity (Wildman–Crippen MR) is 152 cm³/mol. The van der Waals surface area contributed by atoms with Crippen LogP contribution in [-0.2, 0) is 0 Å². The summed E-state index contributed by atoms with van der Waals surface area (Å²) in [5.41, 5.74) is 4.92. The van der Waals surface area contributed by atoms with E-state index in [2.05, 4.69) is 59.9 Å². The van der Waals surface area contributed by atoms with E-state index >= 15 is 0 Å². The molecule has 9 heteroatoms. The number of H-pyrrole nitrogens is 1. The fourth-order valence-corrected chi connectivity index (χ4v) is 4.36. The van der Waals surface area contributed by atoms with Gasteiger partial charge in [0.2, 0.25) is 0 Å². The van der Waals surface area contributed by atoms with Crippen LogP contribution in [0.3, 0.4) is 0 Å². The minimum absolute atomic E-state index is 0.283. The summed E-state index contributed by atoms with van der Waals surface area (Å²) in [5.74, 6) is 0.569. The Balaban J connectivity index is 1.51. The van der Waals surface area contributed by atoms with Crippen molar-refractivity contribution in [3.05, 3.63) is 65.8 Å². The highest BCUT2D eigenvalue weighted by atomic mass is 16.1. The fourth-order valence-electron chi connectivity index (χ4n) is 4.36. The second kappa shape index (κ2) is 11.8. The van der Waals surface area contributed by atoms with Gasteiger partial charge in [-0.2, -0.15) is 5.10 Å². The van der Waals surface area contributed by atoms with Crippen molar-refractivity contribution in [3.8, 4) is 0 Å². The van der Waals surface area contributed by atoms with Crippen molar-refractivity contribution in [1.29, 1.82) is 0 Å². The molecule has 0 spiro atoms. The zero-order valence-electron chi connectivity index (χ0n) is 22.2. The van der Waals surface area contributed by atoms with Crippen LogP contribution in [-0.4, -0.2) is 84.9 Å². The van der Waals surface area contributed by atoms with Gasteiger partial charge in [-0.3, -0.25) is 14.9 Å². The van der Waals surface area contributed by atoms with E-state index in [0.717, 1.165) is 59.7 Å². The molecule has 1 saturated heterocycles. The van der Waals surface area contributed by atoms with Crippen molar-refractivity contribution in [2.24, 2.45) is 4.99 Å². The fraction of sp³-hybridized carbons (Fsp3) is 0.357. The van der Waals surface area contributed by atoms with Crippen molar-refractivity contribution in [2.45, 2.75) is 19.8 Å². The summed E-state index contributed by atoms with van der Waals surface area (Å²) in [6.07, 6.45) is 7.98. The van der Waals surface area contributed by atoms with Crippen LogP contribution >= 0.6 is 0 Å². The summed E-state index contributed by atoms with van der Waals surface area (Å²) in [6, 6.07) is 9.76. The third-order valence-corrected chi connectivity index (χ3v) is 6.57. The average molecular weight is 501 g/mol. The van der Waals surface area contributed by atoms with E-state index in [1.165, 1.54) is 12.8 Å². The van der Waals surface area contributed by atoms with E-state index < -0.39 is 0 Å². The number of hydrogen-bond acceptors (Lipinski definition) is 7. The lowest BCUT2D eigenvalue weighted by Crippen LogP contribution is -2.28. The molecule has 3 aromatic rings. The third-order valence-electron chi connectivity index (χ3n) is 6.57. The van der Waals surface area contributed by atoms with Crippen LogP contribution in [0, 0.1) is 0 Å². The molecule has 0 aliphatic carbocycles. The molecule has 1 aliphatic rings. The Morgan fingerprint density at radius 2 is 1.97 bits per heavy atom. The second-order valence-corrected chi connectivity index (χ2v) is 9.67. The number of aliphatic imine (C=N–C) groups is 1. The molecule has 194 valence electrons. The first-order chi connectivity index (χ1) is 17.9. The number of likely N-dealkylation sites (tertiary alicyclic amines) is 1. The number of pyridine rings is 1. The molecule has 1 amide bonds. The van der Waals surface area contributed by atoms with Crippen LogP contribution < -0.4 is 10.2 Å². The molecule has 0 unspecified atom stereocenters. The van der Waals surface area contributed by atoms with Crippen LogP contribution in [0.1, 0.15) is 35.8 Å². The van der Waals surface area contributed by atoms with Gasteiger partial charge < -0.3 is 20.0 Å². The van der Waals surface area contributed by atoms with Gasteiger partial charge in [0, 0.05) is 44.8 Å². The zero-order valence-corrected chi connectivity index (χ0v) is 22.2. The largest absolute Gasteiger partial charge is 0.370 e. The van der Waals surface area contributed by atoms with E-state index in [1.807, 2.05) is 57.7 Å². The quantitative estimate of drug-likeness (QED) is 0.319. The maximum Gasteiger partial charge on any atom is 0.276 e. The normalized spacial score (nSPS) is 14.5. The van der Waals surface area contributed by atoms with Gasteiger partial charge in [0.25, 0.3) is 5.91 Å². The third kappa shape index (κ3) is 6.42. The number of nitrogens with one attached hydrogen (secondary N) is 2. The maximum atomic E-state index is 13.1. The molecule has 0 saturated carbocycles. The number of benzene rings is 1. The van der Waals surface area contributed by atoms with Gasteiger partial charge in [-0.05, 0) is 82.1 Å².